The number of rotatable bonds is 26. The third kappa shape index (κ3) is 14.0. The molecular weight excluding hydrogens is 557 g/mol. The van der Waals surface area contributed by atoms with Gasteiger partial charge in [-0.2, -0.15) is 0 Å². The van der Waals surface area contributed by atoms with Gasteiger partial charge in [0.25, 0.3) is 8.32 Å². The van der Waals surface area contributed by atoms with Crippen LogP contribution < -0.4 is 10.4 Å². The molecule has 0 aliphatic carbocycles. The minimum absolute atomic E-state index is 0.226. The molecule has 0 saturated carbocycles. The van der Waals surface area contributed by atoms with Gasteiger partial charge in [0.1, 0.15) is 6.10 Å². The molecule has 0 aliphatic heterocycles. The van der Waals surface area contributed by atoms with Crippen molar-refractivity contribution in [2.24, 2.45) is 0 Å². The minimum atomic E-state index is -2.87. The molecular formula is C40H66O3Si. The highest BCUT2D eigenvalue weighted by Gasteiger charge is 2.52. The first-order valence-electron chi connectivity index (χ1n) is 18.3. The molecule has 3 nitrogen and oxygen atoms in total. The monoisotopic (exact) mass is 622 g/mol. The highest BCUT2D eigenvalue weighted by molar-refractivity contribution is 6.99. The molecule has 0 aromatic heterocycles. The Morgan fingerprint density at radius 1 is 0.591 bits per heavy atom. The summed E-state index contributed by atoms with van der Waals surface area (Å²) in [7, 11) is -2.87. The Hall–Kier alpha value is -1.91. The lowest BCUT2D eigenvalue weighted by molar-refractivity contribution is -0.145. The molecule has 0 fully saturated rings. The van der Waals surface area contributed by atoms with Crippen LogP contribution in [0.3, 0.4) is 0 Å². The van der Waals surface area contributed by atoms with Crippen molar-refractivity contribution in [3.63, 3.8) is 0 Å². The second-order valence-corrected chi connectivity index (χ2v) is 18.4. The quantitative estimate of drug-likeness (QED) is 0.0838. The van der Waals surface area contributed by atoms with Crippen LogP contribution in [0.15, 0.2) is 60.7 Å². The van der Waals surface area contributed by atoms with E-state index in [0.29, 0.717) is 6.42 Å². The Bertz CT molecular complexity index is 930. The molecule has 0 amide bonds. The standard InChI is InChI=1S/C40H66O3Si/c1-5-6-7-8-9-10-11-12-13-14-15-16-17-18-19-20-21-22-23-30-35-38(39(41)42)43-44(40(2,3)4,36-31-26-24-27-32-36)37-33-28-25-29-34-37/h24-29,31-34,38H,5-23,30,35H2,1-4H3,(H,41,42)/t38-/m1/s1. The lowest BCUT2D eigenvalue weighted by atomic mass is 10.0. The molecule has 0 unspecified atom stereocenters. The van der Waals surface area contributed by atoms with Gasteiger partial charge in [-0.1, -0.05) is 217 Å². The number of carbonyl (C=O) groups is 1. The predicted molar refractivity (Wildman–Crippen MR) is 193 cm³/mol. The van der Waals surface area contributed by atoms with Gasteiger partial charge in [0.15, 0.2) is 0 Å². The summed E-state index contributed by atoms with van der Waals surface area (Å²) in [5.41, 5.74) is 0. The van der Waals surface area contributed by atoms with Gasteiger partial charge < -0.3 is 9.53 Å². The zero-order chi connectivity index (χ0) is 31.9. The SMILES string of the molecule is CCCCCCCCCCCCCCCCCCCCCC[C@@H](O[Si](c1ccccc1)(c1ccccc1)C(C)(C)C)C(=O)O. The fourth-order valence-electron chi connectivity index (χ4n) is 6.72. The van der Waals surface area contributed by atoms with Crippen LogP contribution in [0.4, 0.5) is 0 Å². The van der Waals surface area contributed by atoms with Gasteiger partial charge in [-0.3, -0.25) is 0 Å². The summed E-state index contributed by atoms with van der Waals surface area (Å²) in [6, 6.07) is 20.7. The predicted octanol–water partition coefficient (Wildman–Crippen LogP) is 11.2. The van der Waals surface area contributed by atoms with Crippen LogP contribution in [0.1, 0.15) is 163 Å². The number of unbranched alkanes of at least 4 members (excludes halogenated alkanes) is 19. The van der Waals surface area contributed by atoms with E-state index in [1.54, 1.807) is 0 Å². The van der Waals surface area contributed by atoms with Crippen molar-refractivity contribution in [1.82, 2.24) is 0 Å². The summed E-state index contributed by atoms with van der Waals surface area (Å²) in [6.45, 7) is 8.90. The second-order valence-electron chi connectivity index (χ2n) is 14.1. The fraction of sp³-hybridized carbons (Fsp3) is 0.675. The highest BCUT2D eigenvalue weighted by atomic mass is 28.4. The average molecular weight is 623 g/mol. The van der Waals surface area contributed by atoms with Gasteiger partial charge in [0.05, 0.1) is 0 Å². The number of benzene rings is 2. The van der Waals surface area contributed by atoms with Gasteiger partial charge in [-0.25, -0.2) is 4.79 Å². The maximum atomic E-state index is 12.5. The minimum Gasteiger partial charge on any atom is -0.479 e. The number of aliphatic carboxylic acids is 1. The summed E-state index contributed by atoms with van der Waals surface area (Å²) in [5.74, 6) is -0.837. The Morgan fingerprint density at radius 2 is 0.909 bits per heavy atom. The topological polar surface area (TPSA) is 46.5 Å². The first-order valence-corrected chi connectivity index (χ1v) is 20.3. The van der Waals surface area contributed by atoms with Crippen molar-refractivity contribution in [2.75, 3.05) is 0 Å². The van der Waals surface area contributed by atoms with E-state index < -0.39 is 20.4 Å². The van der Waals surface area contributed by atoms with Crippen LogP contribution in [0.5, 0.6) is 0 Å². The van der Waals surface area contributed by atoms with Gasteiger partial charge in [0, 0.05) is 0 Å². The number of carboxylic acid groups (broad SMARTS) is 1. The van der Waals surface area contributed by atoms with Crippen LogP contribution in [0.2, 0.25) is 5.04 Å². The number of carboxylic acids is 1. The molecule has 2 aromatic carbocycles. The summed E-state index contributed by atoms with van der Waals surface area (Å²) < 4.78 is 6.92. The Balaban J connectivity index is 1.64. The third-order valence-electron chi connectivity index (χ3n) is 9.33. The van der Waals surface area contributed by atoms with E-state index >= 15 is 0 Å². The van der Waals surface area contributed by atoms with E-state index in [1.165, 1.54) is 116 Å². The van der Waals surface area contributed by atoms with E-state index in [4.69, 9.17) is 4.43 Å². The first-order chi connectivity index (χ1) is 21.3. The molecule has 0 aliphatic rings. The molecule has 44 heavy (non-hydrogen) atoms. The summed E-state index contributed by atoms with van der Waals surface area (Å²) in [5, 5.41) is 12.3. The molecule has 1 N–H and O–H groups in total. The molecule has 2 aromatic rings. The van der Waals surface area contributed by atoms with Gasteiger partial charge in [0.2, 0.25) is 0 Å². The molecule has 4 heteroatoms. The van der Waals surface area contributed by atoms with Gasteiger partial charge in [-0.15, -0.1) is 0 Å². The highest BCUT2D eigenvalue weighted by Crippen LogP contribution is 2.38. The van der Waals surface area contributed by atoms with Crippen molar-refractivity contribution in [3.8, 4) is 0 Å². The molecule has 0 bridgehead atoms. The van der Waals surface area contributed by atoms with E-state index in [0.717, 1.165) is 23.2 Å². The van der Waals surface area contributed by atoms with Crippen LogP contribution >= 0.6 is 0 Å². The molecule has 2 rings (SSSR count). The Labute approximate surface area is 272 Å². The maximum absolute atomic E-state index is 12.5. The Morgan fingerprint density at radius 3 is 1.20 bits per heavy atom. The van der Waals surface area contributed by atoms with Crippen LogP contribution in [-0.2, 0) is 9.22 Å². The Kier molecular flexibility index (Phi) is 19.6. The normalized spacial score (nSPS) is 12.8. The van der Waals surface area contributed by atoms with E-state index in [2.05, 4.69) is 52.0 Å². The largest absolute Gasteiger partial charge is 0.479 e. The third-order valence-corrected chi connectivity index (χ3v) is 14.4. The lowest BCUT2D eigenvalue weighted by Crippen LogP contribution is -2.68. The fourth-order valence-corrected chi connectivity index (χ4v) is 11.4. The lowest BCUT2D eigenvalue weighted by Gasteiger charge is -2.44. The molecule has 0 saturated heterocycles. The van der Waals surface area contributed by atoms with Crippen molar-refractivity contribution in [3.05, 3.63) is 60.7 Å². The molecule has 1 atom stereocenters. The van der Waals surface area contributed by atoms with Crippen molar-refractivity contribution >= 4 is 24.7 Å². The maximum Gasteiger partial charge on any atom is 0.331 e. The van der Waals surface area contributed by atoms with Crippen molar-refractivity contribution in [1.29, 1.82) is 0 Å². The van der Waals surface area contributed by atoms with E-state index in [1.807, 2.05) is 36.4 Å². The van der Waals surface area contributed by atoms with Crippen molar-refractivity contribution < 1.29 is 14.3 Å². The van der Waals surface area contributed by atoms with Gasteiger partial charge in [-0.05, 0) is 21.8 Å². The molecule has 0 heterocycles. The van der Waals surface area contributed by atoms with Crippen molar-refractivity contribution in [2.45, 2.75) is 174 Å². The molecule has 0 radical (unpaired) electrons. The van der Waals surface area contributed by atoms with Gasteiger partial charge >= 0.3 is 5.97 Å². The zero-order valence-corrected chi connectivity index (χ0v) is 30.0. The van der Waals surface area contributed by atoms with Crippen LogP contribution in [-0.4, -0.2) is 25.5 Å². The first kappa shape index (κ1) is 38.3. The van der Waals surface area contributed by atoms with E-state index in [9.17, 15) is 9.90 Å². The average Bonchev–Trinajstić information content (AvgIpc) is 3.01. The van der Waals surface area contributed by atoms with E-state index in [-0.39, 0.29) is 5.04 Å². The van der Waals surface area contributed by atoms with Crippen LogP contribution in [0, 0.1) is 0 Å². The van der Waals surface area contributed by atoms with Crippen LogP contribution in [0.25, 0.3) is 0 Å². The zero-order valence-electron chi connectivity index (χ0n) is 29.0. The summed E-state index contributed by atoms with van der Waals surface area (Å²) >= 11 is 0. The smallest absolute Gasteiger partial charge is 0.331 e. The summed E-state index contributed by atoms with van der Waals surface area (Å²) in [6.07, 6.45) is 26.7. The molecule has 0 spiro atoms. The molecule has 248 valence electrons. The number of hydrogen-bond acceptors (Lipinski definition) is 2. The number of hydrogen-bond donors (Lipinski definition) is 1. The second kappa shape index (κ2) is 22.6. The summed E-state index contributed by atoms with van der Waals surface area (Å²) in [4.78, 5) is 12.5.